The third-order valence-electron chi connectivity index (χ3n) is 4.55. The first kappa shape index (κ1) is 12.3. The summed E-state index contributed by atoms with van der Waals surface area (Å²) in [4.78, 5) is 11.1. The van der Waals surface area contributed by atoms with E-state index in [0.717, 1.165) is 5.52 Å². The topological polar surface area (TPSA) is 42.2 Å². The summed E-state index contributed by atoms with van der Waals surface area (Å²) in [7, 11) is 2.03. The predicted octanol–water partition coefficient (Wildman–Crippen LogP) is 3.84. The summed E-state index contributed by atoms with van der Waals surface area (Å²) in [6.45, 7) is 2.15. The first-order valence-electron chi connectivity index (χ1n) is 6.92. The Bertz CT molecular complexity index is 648. The number of hydrogen-bond acceptors (Lipinski definition) is 1. The summed E-state index contributed by atoms with van der Waals surface area (Å²) in [6.07, 6.45) is 5.16. The average Bonchev–Trinajstić information content (AvgIpc) is 2.98. The van der Waals surface area contributed by atoms with Crippen LogP contribution in [0.25, 0.3) is 10.9 Å². The molecule has 0 spiro atoms. The van der Waals surface area contributed by atoms with E-state index in [4.69, 9.17) is 5.11 Å². The second-order valence-corrected chi connectivity index (χ2v) is 5.58. The second kappa shape index (κ2) is 4.41. The normalized spacial score (nSPS) is 16.3. The van der Waals surface area contributed by atoms with E-state index in [9.17, 15) is 4.79 Å². The maximum atomic E-state index is 11.1. The highest BCUT2D eigenvalue weighted by molar-refractivity contribution is 5.95. The van der Waals surface area contributed by atoms with Crippen LogP contribution in [0.1, 0.15) is 53.2 Å². The van der Waals surface area contributed by atoms with E-state index >= 15 is 0 Å². The Morgan fingerprint density at radius 3 is 2.63 bits per heavy atom. The van der Waals surface area contributed by atoms with E-state index in [2.05, 4.69) is 11.5 Å². The van der Waals surface area contributed by atoms with Crippen molar-refractivity contribution in [1.82, 2.24) is 4.57 Å². The lowest BCUT2D eigenvalue weighted by Crippen LogP contribution is -1.97. The van der Waals surface area contributed by atoms with Crippen LogP contribution < -0.4 is 0 Å². The Balaban J connectivity index is 2.22. The molecule has 0 bridgehead atoms. The van der Waals surface area contributed by atoms with Gasteiger partial charge in [0.25, 0.3) is 0 Å². The predicted molar refractivity (Wildman–Crippen MR) is 75.8 cm³/mol. The molecule has 0 amide bonds. The first-order chi connectivity index (χ1) is 9.09. The molecule has 3 rings (SSSR count). The fourth-order valence-electron chi connectivity index (χ4n) is 3.46. The number of carboxylic acids is 1. The standard InChI is InChI=1S/C16H19NO2/c1-10-15(11-5-3-4-6-11)13-8-7-12(16(18)19)9-14(13)17(10)2/h7-9,11H,3-6H2,1-2H3,(H,18,19). The van der Waals surface area contributed by atoms with Crippen molar-refractivity contribution in [3.63, 3.8) is 0 Å². The fraction of sp³-hybridized carbons (Fsp3) is 0.438. The van der Waals surface area contributed by atoms with Crippen LogP contribution in [0, 0.1) is 6.92 Å². The molecule has 100 valence electrons. The number of nitrogens with zero attached hydrogens (tertiary/aromatic N) is 1. The quantitative estimate of drug-likeness (QED) is 0.888. The second-order valence-electron chi connectivity index (χ2n) is 5.58. The van der Waals surface area contributed by atoms with Gasteiger partial charge in [0.1, 0.15) is 0 Å². The largest absolute Gasteiger partial charge is 0.478 e. The van der Waals surface area contributed by atoms with Crippen LogP contribution in [0.3, 0.4) is 0 Å². The van der Waals surface area contributed by atoms with E-state index < -0.39 is 5.97 Å². The van der Waals surface area contributed by atoms with Crippen molar-refractivity contribution in [2.75, 3.05) is 0 Å². The molecular formula is C16H19NO2. The van der Waals surface area contributed by atoms with Gasteiger partial charge in [-0.05, 0) is 43.4 Å². The summed E-state index contributed by atoms with van der Waals surface area (Å²) in [6, 6.07) is 5.51. The Morgan fingerprint density at radius 1 is 1.32 bits per heavy atom. The van der Waals surface area contributed by atoms with Gasteiger partial charge in [-0.15, -0.1) is 0 Å². The zero-order valence-electron chi connectivity index (χ0n) is 11.4. The van der Waals surface area contributed by atoms with E-state index in [-0.39, 0.29) is 0 Å². The molecule has 1 heterocycles. The van der Waals surface area contributed by atoms with Gasteiger partial charge in [-0.3, -0.25) is 0 Å². The number of rotatable bonds is 2. The molecule has 0 unspecified atom stereocenters. The molecule has 0 saturated heterocycles. The number of aryl methyl sites for hydroxylation is 1. The smallest absolute Gasteiger partial charge is 0.335 e. The van der Waals surface area contributed by atoms with Gasteiger partial charge in [0.05, 0.1) is 5.56 Å². The molecule has 3 heteroatoms. The molecule has 1 fully saturated rings. The van der Waals surface area contributed by atoms with Gasteiger partial charge in [0, 0.05) is 23.6 Å². The monoisotopic (exact) mass is 257 g/mol. The highest BCUT2D eigenvalue weighted by Crippen LogP contribution is 2.40. The molecule has 1 aromatic heterocycles. The van der Waals surface area contributed by atoms with Gasteiger partial charge >= 0.3 is 5.97 Å². The molecule has 2 aromatic rings. The summed E-state index contributed by atoms with van der Waals surface area (Å²) < 4.78 is 2.13. The van der Waals surface area contributed by atoms with Crippen LogP contribution in [-0.2, 0) is 7.05 Å². The van der Waals surface area contributed by atoms with Crippen LogP contribution in [0.15, 0.2) is 18.2 Å². The highest BCUT2D eigenvalue weighted by atomic mass is 16.4. The molecule has 1 aliphatic rings. The van der Waals surface area contributed by atoms with Gasteiger partial charge in [-0.2, -0.15) is 0 Å². The summed E-state index contributed by atoms with van der Waals surface area (Å²) in [5.74, 6) is -0.206. The minimum Gasteiger partial charge on any atom is -0.478 e. The van der Waals surface area contributed by atoms with E-state index in [1.54, 1.807) is 12.1 Å². The Labute approximate surface area is 112 Å². The van der Waals surface area contributed by atoms with Gasteiger partial charge in [0.2, 0.25) is 0 Å². The molecule has 3 nitrogen and oxygen atoms in total. The summed E-state index contributed by atoms with van der Waals surface area (Å²) >= 11 is 0. The van der Waals surface area contributed by atoms with Crippen molar-refractivity contribution in [3.05, 3.63) is 35.0 Å². The van der Waals surface area contributed by atoms with Crippen LogP contribution >= 0.6 is 0 Å². The van der Waals surface area contributed by atoms with Crippen molar-refractivity contribution >= 4 is 16.9 Å². The van der Waals surface area contributed by atoms with Crippen molar-refractivity contribution in [1.29, 1.82) is 0 Å². The number of carboxylic acid groups (broad SMARTS) is 1. The zero-order valence-corrected chi connectivity index (χ0v) is 11.4. The lowest BCUT2D eigenvalue weighted by Gasteiger charge is -2.10. The van der Waals surface area contributed by atoms with Crippen LogP contribution in [0.4, 0.5) is 0 Å². The molecule has 1 saturated carbocycles. The lowest BCUT2D eigenvalue weighted by molar-refractivity contribution is 0.0697. The average molecular weight is 257 g/mol. The summed E-state index contributed by atoms with van der Waals surface area (Å²) in [5, 5.41) is 10.3. The maximum Gasteiger partial charge on any atom is 0.335 e. The molecule has 1 aliphatic carbocycles. The highest BCUT2D eigenvalue weighted by Gasteiger charge is 2.24. The minimum absolute atomic E-state index is 0.367. The van der Waals surface area contributed by atoms with Crippen LogP contribution in [0.5, 0.6) is 0 Å². The number of carbonyl (C=O) groups is 1. The van der Waals surface area contributed by atoms with Crippen LogP contribution in [-0.4, -0.2) is 15.6 Å². The van der Waals surface area contributed by atoms with Gasteiger partial charge in [-0.1, -0.05) is 18.9 Å². The van der Waals surface area contributed by atoms with E-state index in [1.807, 2.05) is 13.1 Å². The van der Waals surface area contributed by atoms with Gasteiger partial charge < -0.3 is 9.67 Å². The minimum atomic E-state index is -0.858. The Morgan fingerprint density at radius 2 is 2.00 bits per heavy atom. The molecule has 0 radical (unpaired) electrons. The zero-order chi connectivity index (χ0) is 13.6. The molecular weight excluding hydrogens is 238 g/mol. The first-order valence-corrected chi connectivity index (χ1v) is 6.92. The third kappa shape index (κ3) is 1.84. The van der Waals surface area contributed by atoms with Gasteiger partial charge in [-0.25, -0.2) is 4.79 Å². The van der Waals surface area contributed by atoms with Gasteiger partial charge in [0.15, 0.2) is 0 Å². The van der Waals surface area contributed by atoms with E-state index in [0.29, 0.717) is 11.5 Å². The van der Waals surface area contributed by atoms with Crippen molar-refractivity contribution in [3.8, 4) is 0 Å². The van der Waals surface area contributed by atoms with Crippen molar-refractivity contribution in [2.24, 2.45) is 7.05 Å². The Hall–Kier alpha value is -1.77. The fourth-order valence-corrected chi connectivity index (χ4v) is 3.46. The molecule has 1 aromatic carbocycles. The molecule has 0 aliphatic heterocycles. The third-order valence-corrected chi connectivity index (χ3v) is 4.55. The van der Waals surface area contributed by atoms with E-state index in [1.165, 1.54) is 42.3 Å². The number of benzene rings is 1. The number of hydrogen-bond donors (Lipinski definition) is 1. The summed E-state index contributed by atoms with van der Waals surface area (Å²) in [5.41, 5.74) is 4.13. The van der Waals surface area contributed by atoms with Crippen LogP contribution in [0.2, 0.25) is 0 Å². The molecule has 19 heavy (non-hydrogen) atoms. The van der Waals surface area contributed by atoms with Crippen molar-refractivity contribution in [2.45, 2.75) is 38.5 Å². The number of aromatic nitrogens is 1. The SMILES string of the molecule is Cc1c(C2CCCC2)c2ccc(C(=O)O)cc2n1C. The van der Waals surface area contributed by atoms with Crippen molar-refractivity contribution < 1.29 is 9.90 Å². The molecule has 1 N–H and O–H groups in total. The number of aromatic carboxylic acids is 1. The number of fused-ring (bicyclic) bond motifs is 1. The lowest BCUT2D eigenvalue weighted by atomic mass is 9.94. The Kier molecular flexibility index (Phi) is 2.85. The molecule has 0 atom stereocenters. The maximum absolute atomic E-state index is 11.1.